The van der Waals surface area contributed by atoms with E-state index >= 15 is 0 Å². The van der Waals surface area contributed by atoms with Crippen LogP contribution in [-0.2, 0) is 10.2 Å². The minimum atomic E-state index is -0.298. The molecule has 1 aromatic carbocycles. The molecule has 0 saturated carbocycles. The summed E-state index contributed by atoms with van der Waals surface area (Å²) in [5.74, 6) is 0.153. The SMILES string of the molecule is Cc1cc(Cl)c(C2(CCl)COC2)cc1F. The van der Waals surface area contributed by atoms with Crippen LogP contribution in [0.5, 0.6) is 0 Å². The summed E-state index contributed by atoms with van der Waals surface area (Å²) in [6.45, 7) is 2.72. The number of rotatable bonds is 2. The van der Waals surface area contributed by atoms with Crippen molar-refractivity contribution in [3.63, 3.8) is 0 Å². The molecule has 1 aliphatic rings. The van der Waals surface area contributed by atoms with Crippen molar-refractivity contribution in [1.82, 2.24) is 0 Å². The summed E-state index contributed by atoms with van der Waals surface area (Å²) in [6, 6.07) is 3.11. The number of alkyl halides is 1. The van der Waals surface area contributed by atoms with Gasteiger partial charge in [0.25, 0.3) is 0 Å². The molecular weight excluding hydrogens is 238 g/mol. The van der Waals surface area contributed by atoms with Crippen molar-refractivity contribution in [2.24, 2.45) is 0 Å². The number of hydrogen-bond donors (Lipinski definition) is 0. The summed E-state index contributed by atoms with van der Waals surface area (Å²) in [5.41, 5.74) is 1.01. The highest BCUT2D eigenvalue weighted by Gasteiger charge is 2.41. The Kier molecular flexibility index (Phi) is 2.93. The van der Waals surface area contributed by atoms with Crippen LogP contribution >= 0.6 is 23.2 Å². The Hall–Kier alpha value is -0.310. The van der Waals surface area contributed by atoms with Gasteiger partial charge in [-0.2, -0.15) is 0 Å². The first-order valence-electron chi connectivity index (χ1n) is 4.69. The third-order valence-electron chi connectivity index (χ3n) is 2.83. The Balaban J connectivity index is 2.47. The van der Waals surface area contributed by atoms with Crippen molar-refractivity contribution in [2.75, 3.05) is 19.1 Å². The highest BCUT2D eigenvalue weighted by molar-refractivity contribution is 6.31. The molecule has 82 valence electrons. The van der Waals surface area contributed by atoms with Gasteiger partial charge in [0, 0.05) is 10.9 Å². The van der Waals surface area contributed by atoms with Crippen molar-refractivity contribution in [1.29, 1.82) is 0 Å². The molecule has 0 amide bonds. The van der Waals surface area contributed by atoms with Gasteiger partial charge in [-0.25, -0.2) is 4.39 Å². The molecule has 0 bridgehead atoms. The highest BCUT2D eigenvalue weighted by Crippen LogP contribution is 2.38. The molecule has 0 spiro atoms. The van der Waals surface area contributed by atoms with Gasteiger partial charge >= 0.3 is 0 Å². The number of hydrogen-bond acceptors (Lipinski definition) is 1. The van der Waals surface area contributed by atoms with E-state index in [0.29, 0.717) is 29.7 Å². The van der Waals surface area contributed by atoms with Crippen LogP contribution in [0.1, 0.15) is 11.1 Å². The molecule has 1 heterocycles. The monoisotopic (exact) mass is 248 g/mol. The number of ether oxygens (including phenoxy) is 1. The van der Waals surface area contributed by atoms with Crippen LogP contribution in [0.4, 0.5) is 4.39 Å². The zero-order valence-corrected chi connectivity index (χ0v) is 9.83. The van der Waals surface area contributed by atoms with E-state index < -0.39 is 0 Å². The number of halogens is 3. The van der Waals surface area contributed by atoms with Crippen LogP contribution in [0, 0.1) is 12.7 Å². The van der Waals surface area contributed by atoms with E-state index in [4.69, 9.17) is 27.9 Å². The Bertz CT molecular complexity index is 383. The van der Waals surface area contributed by atoms with Crippen molar-refractivity contribution in [3.05, 3.63) is 34.1 Å². The van der Waals surface area contributed by atoms with Gasteiger partial charge in [0.2, 0.25) is 0 Å². The largest absolute Gasteiger partial charge is 0.379 e. The zero-order valence-electron chi connectivity index (χ0n) is 8.32. The lowest BCUT2D eigenvalue weighted by Gasteiger charge is -2.40. The second-order valence-electron chi connectivity index (χ2n) is 3.99. The van der Waals surface area contributed by atoms with Crippen molar-refractivity contribution in [3.8, 4) is 0 Å². The molecule has 1 nitrogen and oxygen atoms in total. The lowest BCUT2D eigenvalue weighted by atomic mass is 9.80. The van der Waals surface area contributed by atoms with Crippen LogP contribution in [0.3, 0.4) is 0 Å². The molecule has 0 radical (unpaired) electrons. The van der Waals surface area contributed by atoms with E-state index in [9.17, 15) is 4.39 Å². The van der Waals surface area contributed by atoms with Gasteiger partial charge in [-0.1, -0.05) is 11.6 Å². The van der Waals surface area contributed by atoms with Crippen molar-refractivity contribution in [2.45, 2.75) is 12.3 Å². The molecule has 0 aromatic heterocycles. The van der Waals surface area contributed by atoms with Crippen LogP contribution in [0.2, 0.25) is 5.02 Å². The van der Waals surface area contributed by atoms with E-state index in [-0.39, 0.29) is 11.2 Å². The Morgan fingerprint density at radius 1 is 1.47 bits per heavy atom. The van der Waals surface area contributed by atoms with Crippen LogP contribution in [0.25, 0.3) is 0 Å². The summed E-state index contributed by atoms with van der Waals surface area (Å²) in [6.07, 6.45) is 0. The predicted octanol–water partition coefficient (Wildman–Crippen LogP) is 3.29. The molecule has 0 atom stereocenters. The van der Waals surface area contributed by atoms with Gasteiger partial charge in [-0.15, -0.1) is 11.6 Å². The van der Waals surface area contributed by atoms with E-state index in [1.165, 1.54) is 6.07 Å². The maximum Gasteiger partial charge on any atom is 0.126 e. The second kappa shape index (κ2) is 3.93. The number of aryl methyl sites for hydroxylation is 1. The minimum Gasteiger partial charge on any atom is -0.379 e. The Morgan fingerprint density at radius 2 is 2.13 bits per heavy atom. The maximum absolute atomic E-state index is 13.4. The van der Waals surface area contributed by atoms with Crippen LogP contribution in [-0.4, -0.2) is 19.1 Å². The molecular formula is C11H11Cl2FO. The Morgan fingerprint density at radius 3 is 2.60 bits per heavy atom. The first-order valence-corrected chi connectivity index (χ1v) is 5.60. The quantitative estimate of drug-likeness (QED) is 0.731. The fourth-order valence-electron chi connectivity index (χ4n) is 1.71. The van der Waals surface area contributed by atoms with E-state index in [2.05, 4.69) is 0 Å². The molecule has 1 aromatic rings. The van der Waals surface area contributed by atoms with E-state index in [0.717, 1.165) is 5.56 Å². The summed E-state index contributed by atoms with van der Waals surface area (Å²) < 4.78 is 18.6. The summed E-state index contributed by atoms with van der Waals surface area (Å²) >= 11 is 12.0. The normalized spacial score (nSPS) is 18.7. The van der Waals surface area contributed by atoms with Crippen molar-refractivity contribution < 1.29 is 9.13 Å². The topological polar surface area (TPSA) is 9.23 Å². The lowest BCUT2D eigenvalue weighted by molar-refractivity contribution is -0.0480. The van der Waals surface area contributed by atoms with Crippen molar-refractivity contribution >= 4 is 23.2 Å². The first kappa shape index (κ1) is 11.2. The predicted molar refractivity (Wildman–Crippen MR) is 59.4 cm³/mol. The zero-order chi connectivity index (χ0) is 11.1. The third kappa shape index (κ3) is 1.75. The smallest absolute Gasteiger partial charge is 0.126 e. The molecule has 0 aliphatic carbocycles. The summed E-state index contributed by atoms with van der Waals surface area (Å²) in [4.78, 5) is 0. The molecule has 0 N–H and O–H groups in total. The third-order valence-corrected chi connectivity index (χ3v) is 3.66. The fraction of sp³-hybridized carbons (Fsp3) is 0.455. The van der Waals surface area contributed by atoms with Gasteiger partial charge in [-0.3, -0.25) is 0 Å². The highest BCUT2D eigenvalue weighted by atomic mass is 35.5. The van der Waals surface area contributed by atoms with Gasteiger partial charge in [0.1, 0.15) is 5.82 Å². The lowest BCUT2D eigenvalue weighted by Crippen LogP contribution is -2.48. The molecule has 1 saturated heterocycles. The van der Waals surface area contributed by atoms with E-state index in [1.807, 2.05) is 0 Å². The number of benzene rings is 1. The van der Waals surface area contributed by atoms with Crippen LogP contribution in [0.15, 0.2) is 12.1 Å². The fourth-order valence-corrected chi connectivity index (χ4v) is 2.42. The van der Waals surface area contributed by atoms with Gasteiger partial charge < -0.3 is 4.74 Å². The molecule has 0 unspecified atom stereocenters. The van der Waals surface area contributed by atoms with E-state index in [1.54, 1.807) is 13.0 Å². The standard InChI is InChI=1S/C11H11Cl2FO/c1-7-2-9(13)8(3-10(7)14)11(4-12)5-15-6-11/h2-3H,4-6H2,1H3. The average Bonchev–Trinajstić information content (AvgIpc) is 2.12. The second-order valence-corrected chi connectivity index (χ2v) is 4.66. The molecule has 15 heavy (non-hydrogen) atoms. The summed E-state index contributed by atoms with van der Waals surface area (Å²) in [7, 11) is 0. The average molecular weight is 249 g/mol. The maximum atomic E-state index is 13.4. The van der Waals surface area contributed by atoms with Crippen LogP contribution < -0.4 is 0 Å². The van der Waals surface area contributed by atoms with Gasteiger partial charge in [-0.05, 0) is 30.2 Å². The summed E-state index contributed by atoms with van der Waals surface area (Å²) in [5, 5.41) is 0.567. The molecule has 4 heteroatoms. The van der Waals surface area contributed by atoms with Gasteiger partial charge in [0.15, 0.2) is 0 Å². The molecule has 1 fully saturated rings. The molecule has 1 aliphatic heterocycles. The Labute approximate surface area is 98.1 Å². The van der Waals surface area contributed by atoms with Gasteiger partial charge in [0.05, 0.1) is 18.6 Å². The first-order chi connectivity index (χ1) is 7.09. The minimum absolute atomic E-state index is 0.245. The molecule has 2 rings (SSSR count).